The highest BCUT2D eigenvalue weighted by molar-refractivity contribution is 7.91. The van der Waals surface area contributed by atoms with Gasteiger partial charge in [-0.1, -0.05) is 6.92 Å². The minimum absolute atomic E-state index is 0.0279. The van der Waals surface area contributed by atoms with Gasteiger partial charge in [0.1, 0.15) is 5.82 Å². The third kappa shape index (κ3) is 4.14. The van der Waals surface area contributed by atoms with Gasteiger partial charge in [-0.25, -0.2) is 13.4 Å². The van der Waals surface area contributed by atoms with Crippen LogP contribution < -0.4 is 5.32 Å². The minimum atomic E-state index is -4.52. The molecule has 11 heteroatoms. The van der Waals surface area contributed by atoms with E-state index in [2.05, 4.69) is 20.5 Å². The zero-order valence-corrected chi connectivity index (χ0v) is 15.6. The molecule has 7 nitrogen and oxygen atoms in total. The van der Waals surface area contributed by atoms with Crippen molar-refractivity contribution in [2.45, 2.75) is 24.9 Å². The first-order chi connectivity index (χ1) is 13.1. The lowest BCUT2D eigenvalue weighted by Gasteiger charge is -2.13. The van der Waals surface area contributed by atoms with Gasteiger partial charge >= 0.3 is 6.18 Å². The molecule has 0 aliphatic rings. The van der Waals surface area contributed by atoms with Crippen molar-refractivity contribution in [3.8, 4) is 11.5 Å². The van der Waals surface area contributed by atoms with Crippen LogP contribution in [0.2, 0.25) is 0 Å². The van der Waals surface area contributed by atoms with Crippen molar-refractivity contribution < 1.29 is 26.0 Å². The molecule has 2 heterocycles. The van der Waals surface area contributed by atoms with Crippen LogP contribution in [0.1, 0.15) is 18.4 Å². The number of aromatic nitrogens is 3. The van der Waals surface area contributed by atoms with Crippen LogP contribution in [-0.4, -0.2) is 29.4 Å². The quantitative estimate of drug-likeness (QED) is 0.676. The number of nitrogens with one attached hydrogen (secondary N) is 1. The first kappa shape index (κ1) is 19.8. The van der Waals surface area contributed by atoms with Gasteiger partial charge in [-0.15, -0.1) is 10.2 Å². The first-order valence-corrected chi connectivity index (χ1v) is 9.73. The van der Waals surface area contributed by atoms with Crippen LogP contribution in [0.25, 0.3) is 11.5 Å². The van der Waals surface area contributed by atoms with Gasteiger partial charge in [0.05, 0.1) is 27.5 Å². The molecule has 28 heavy (non-hydrogen) atoms. The summed E-state index contributed by atoms with van der Waals surface area (Å²) < 4.78 is 68.5. The smallest absolute Gasteiger partial charge is 0.416 e. The van der Waals surface area contributed by atoms with Crippen molar-refractivity contribution in [2.24, 2.45) is 0 Å². The predicted octanol–water partition coefficient (Wildman–Crippen LogP) is 4.00. The molecule has 0 saturated heterocycles. The van der Waals surface area contributed by atoms with Gasteiger partial charge in [-0.05, 0) is 30.3 Å². The van der Waals surface area contributed by atoms with E-state index in [1.165, 1.54) is 25.1 Å². The minimum Gasteiger partial charge on any atom is -0.421 e. The van der Waals surface area contributed by atoms with Crippen LogP contribution in [-0.2, 0) is 16.0 Å². The van der Waals surface area contributed by atoms with Gasteiger partial charge in [0.2, 0.25) is 11.8 Å². The van der Waals surface area contributed by atoms with Crippen LogP contribution >= 0.6 is 0 Å². The lowest BCUT2D eigenvalue weighted by Crippen LogP contribution is -2.07. The normalized spacial score (nSPS) is 12.2. The monoisotopic (exact) mass is 412 g/mol. The average molecular weight is 412 g/mol. The van der Waals surface area contributed by atoms with Crippen LogP contribution in [0.3, 0.4) is 0 Å². The summed E-state index contributed by atoms with van der Waals surface area (Å²) in [7, 11) is -3.52. The second-order valence-electron chi connectivity index (χ2n) is 5.79. The first-order valence-electron chi connectivity index (χ1n) is 8.07. The van der Waals surface area contributed by atoms with E-state index in [4.69, 9.17) is 4.42 Å². The second-order valence-corrected chi connectivity index (χ2v) is 8.07. The Labute approximate surface area is 158 Å². The zero-order chi connectivity index (χ0) is 20.5. The number of pyridine rings is 1. The van der Waals surface area contributed by atoms with Crippen molar-refractivity contribution in [1.82, 2.24) is 15.2 Å². The number of alkyl halides is 3. The number of rotatable bonds is 5. The van der Waals surface area contributed by atoms with Gasteiger partial charge in [0.25, 0.3) is 0 Å². The standard InChI is InChI=1S/C17H15F3N4O3S/c1-3-28(25,26)12-4-5-14(13(9-12)16-24-23-10(2)27-16)22-15-8-11(6-7-21-15)17(18,19)20/h4-9H,3H2,1-2H3,(H,21,22). The fourth-order valence-corrected chi connectivity index (χ4v) is 3.29. The third-order valence-corrected chi connectivity index (χ3v) is 5.57. The largest absolute Gasteiger partial charge is 0.421 e. The van der Waals surface area contributed by atoms with E-state index in [0.717, 1.165) is 18.3 Å². The zero-order valence-electron chi connectivity index (χ0n) is 14.8. The summed E-state index contributed by atoms with van der Waals surface area (Å²) >= 11 is 0. The number of hydrogen-bond donors (Lipinski definition) is 1. The van der Waals surface area contributed by atoms with E-state index in [0.29, 0.717) is 0 Å². The van der Waals surface area contributed by atoms with Gasteiger partial charge < -0.3 is 9.73 Å². The highest BCUT2D eigenvalue weighted by atomic mass is 32.2. The van der Waals surface area contributed by atoms with Gasteiger partial charge in [-0.3, -0.25) is 0 Å². The fourth-order valence-electron chi connectivity index (χ4n) is 2.39. The summed E-state index contributed by atoms with van der Waals surface area (Å²) in [6.45, 7) is 3.06. The van der Waals surface area contributed by atoms with Crippen molar-refractivity contribution in [3.05, 3.63) is 48.0 Å². The van der Waals surface area contributed by atoms with Crippen molar-refractivity contribution in [2.75, 3.05) is 11.1 Å². The Morgan fingerprint density at radius 3 is 2.50 bits per heavy atom. The van der Waals surface area contributed by atoms with E-state index < -0.39 is 21.6 Å². The molecule has 0 atom stereocenters. The van der Waals surface area contributed by atoms with E-state index in [-0.39, 0.29) is 39.5 Å². The number of anilines is 2. The average Bonchev–Trinajstić information content (AvgIpc) is 3.07. The molecule has 0 radical (unpaired) electrons. The van der Waals surface area contributed by atoms with Gasteiger partial charge in [0, 0.05) is 13.1 Å². The number of nitrogens with zero attached hydrogens (tertiary/aromatic N) is 3. The summed E-state index contributed by atoms with van der Waals surface area (Å²) in [5, 5.41) is 10.3. The predicted molar refractivity (Wildman–Crippen MR) is 94.7 cm³/mol. The van der Waals surface area contributed by atoms with E-state index in [9.17, 15) is 21.6 Å². The molecule has 3 rings (SSSR count). The molecule has 0 bridgehead atoms. The molecule has 3 aromatic rings. The SMILES string of the molecule is CCS(=O)(=O)c1ccc(Nc2cc(C(F)(F)F)ccn2)c(-c2nnc(C)o2)c1. The summed E-state index contributed by atoms with van der Waals surface area (Å²) in [5.74, 6) is 0.0949. The summed E-state index contributed by atoms with van der Waals surface area (Å²) in [6, 6.07) is 5.80. The number of benzene rings is 1. The Kier molecular flexibility index (Phi) is 5.11. The molecule has 0 spiro atoms. The molecular weight excluding hydrogens is 397 g/mol. The Balaban J connectivity index is 2.08. The third-order valence-electron chi connectivity index (χ3n) is 3.84. The maximum atomic E-state index is 12.9. The highest BCUT2D eigenvalue weighted by Crippen LogP contribution is 2.34. The van der Waals surface area contributed by atoms with Crippen molar-refractivity contribution >= 4 is 21.3 Å². The highest BCUT2D eigenvalue weighted by Gasteiger charge is 2.30. The lowest BCUT2D eigenvalue weighted by molar-refractivity contribution is -0.137. The lowest BCUT2D eigenvalue weighted by atomic mass is 10.1. The number of halogens is 3. The van der Waals surface area contributed by atoms with Crippen LogP contribution in [0, 0.1) is 6.92 Å². The van der Waals surface area contributed by atoms with E-state index in [1.807, 2.05) is 0 Å². The van der Waals surface area contributed by atoms with Crippen LogP contribution in [0.4, 0.5) is 24.7 Å². The molecular formula is C17H15F3N4O3S. The maximum Gasteiger partial charge on any atom is 0.416 e. The molecule has 148 valence electrons. The molecule has 2 aromatic heterocycles. The van der Waals surface area contributed by atoms with E-state index >= 15 is 0 Å². The number of hydrogen-bond acceptors (Lipinski definition) is 7. The second kappa shape index (κ2) is 7.23. The molecule has 0 amide bonds. The topological polar surface area (TPSA) is 98.0 Å². The van der Waals surface area contributed by atoms with Crippen molar-refractivity contribution in [1.29, 1.82) is 0 Å². The Morgan fingerprint density at radius 2 is 1.89 bits per heavy atom. The summed E-state index contributed by atoms with van der Waals surface area (Å²) in [4.78, 5) is 3.91. The van der Waals surface area contributed by atoms with Crippen LogP contribution in [0.5, 0.6) is 0 Å². The van der Waals surface area contributed by atoms with Crippen LogP contribution in [0.15, 0.2) is 45.8 Å². The Morgan fingerprint density at radius 1 is 1.14 bits per heavy atom. The molecule has 0 aliphatic carbocycles. The van der Waals surface area contributed by atoms with Crippen molar-refractivity contribution in [3.63, 3.8) is 0 Å². The molecule has 0 unspecified atom stereocenters. The van der Waals surface area contributed by atoms with Gasteiger partial charge in [-0.2, -0.15) is 13.2 Å². The number of aryl methyl sites for hydroxylation is 1. The molecule has 1 N–H and O–H groups in total. The summed E-state index contributed by atoms with van der Waals surface area (Å²) in [6.07, 6.45) is -3.50. The molecule has 0 fully saturated rings. The molecule has 0 saturated carbocycles. The Hall–Kier alpha value is -2.95. The number of sulfone groups is 1. The van der Waals surface area contributed by atoms with E-state index in [1.54, 1.807) is 6.92 Å². The fraction of sp³-hybridized carbons (Fsp3) is 0.235. The van der Waals surface area contributed by atoms with Gasteiger partial charge in [0.15, 0.2) is 9.84 Å². The maximum absolute atomic E-state index is 12.9. The molecule has 0 aliphatic heterocycles. The molecule has 1 aromatic carbocycles. The summed E-state index contributed by atoms with van der Waals surface area (Å²) in [5.41, 5.74) is -0.370. The Bertz CT molecular complexity index is 1110.